The first-order valence-electron chi connectivity index (χ1n) is 15.5. The second-order valence-electron chi connectivity index (χ2n) is 11.3. The average Bonchev–Trinajstić information content (AvgIpc) is 2.97. The SMILES string of the molecule is CCCCCCCCCCOc1c(OC)cc(C=CC(=O)NCC(=O)Nc2c(C(C)C)cccc2C(C)C)cc1OC. The molecule has 0 radical (unpaired) electrons. The van der Waals surface area contributed by atoms with Gasteiger partial charge in [-0.1, -0.05) is 97.8 Å². The highest BCUT2D eigenvalue weighted by Crippen LogP contribution is 2.39. The predicted molar refractivity (Wildman–Crippen MR) is 173 cm³/mol. The molecule has 0 atom stereocenters. The number of rotatable bonds is 19. The Morgan fingerprint density at radius 3 is 1.90 bits per heavy atom. The number of methoxy groups -OCH3 is 2. The van der Waals surface area contributed by atoms with Gasteiger partial charge in [-0.3, -0.25) is 9.59 Å². The van der Waals surface area contributed by atoms with Crippen LogP contribution in [0.15, 0.2) is 36.4 Å². The summed E-state index contributed by atoms with van der Waals surface area (Å²) in [5, 5.41) is 5.69. The van der Waals surface area contributed by atoms with Crippen LogP contribution in [0.5, 0.6) is 17.2 Å². The quantitative estimate of drug-likeness (QED) is 0.129. The lowest BCUT2D eigenvalue weighted by Crippen LogP contribution is -2.32. The van der Waals surface area contributed by atoms with Crippen LogP contribution in [0, 0.1) is 0 Å². The highest BCUT2D eigenvalue weighted by Gasteiger charge is 2.17. The number of hydrogen-bond acceptors (Lipinski definition) is 5. The maximum absolute atomic E-state index is 12.7. The molecule has 0 unspecified atom stereocenters. The van der Waals surface area contributed by atoms with Gasteiger partial charge in [-0.05, 0) is 53.2 Å². The molecule has 0 aliphatic rings. The average molecular weight is 581 g/mol. The van der Waals surface area contributed by atoms with Crippen LogP contribution < -0.4 is 24.8 Å². The minimum absolute atomic E-state index is 0.134. The predicted octanol–water partition coefficient (Wildman–Crippen LogP) is 8.24. The van der Waals surface area contributed by atoms with Crippen LogP contribution in [0.2, 0.25) is 0 Å². The molecule has 0 aliphatic heterocycles. The number of hydrogen-bond donors (Lipinski definition) is 2. The van der Waals surface area contributed by atoms with Gasteiger partial charge < -0.3 is 24.8 Å². The Morgan fingerprint density at radius 1 is 0.833 bits per heavy atom. The summed E-state index contributed by atoms with van der Waals surface area (Å²) in [5.41, 5.74) is 3.71. The van der Waals surface area contributed by atoms with E-state index in [0.29, 0.717) is 23.9 Å². The summed E-state index contributed by atoms with van der Waals surface area (Å²) in [7, 11) is 3.16. The molecule has 2 N–H and O–H groups in total. The summed E-state index contributed by atoms with van der Waals surface area (Å²) in [6, 6.07) is 9.69. The molecule has 0 bridgehead atoms. The maximum Gasteiger partial charge on any atom is 0.244 e. The molecule has 0 heterocycles. The van der Waals surface area contributed by atoms with E-state index < -0.39 is 0 Å². The van der Waals surface area contributed by atoms with Crippen LogP contribution in [-0.4, -0.2) is 39.2 Å². The fourth-order valence-corrected chi connectivity index (χ4v) is 4.83. The number of nitrogens with one attached hydrogen (secondary N) is 2. The molecule has 232 valence electrons. The van der Waals surface area contributed by atoms with Gasteiger partial charge >= 0.3 is 0 Å². The number of amides is 2. The summed E-state index contributed by atoms with van der Waals surface area (Å²) in [6.07, 6.45) is 12.9. The van der Waals surface area contributed by atoms with Gasteiger partial charge in [0, 0.05) is 11.8 Å². The molecule has 0 fully saturated rings. The Hall–Kier alpha value is -3.48. The van der Waals surface area contributed by atoms with Gasteiger partial charge in [0.1, 0.15) is 0 Å². The number of carbonyl (C=O) groups excluding carboxylic acids is 2. The van der Waals surface area contributed by atoms with E-state index in [9.17, 15) is 9.59 Å². The summed E-state index contributed by atoms with van der Waals surface area (Å²) in [4.78, 5) is 25.3. The smallest absolute Gasteiger partial charge is 0.244 e. The highest BCUT2D eigenvalue weighted by molar-refractivity contribution is 5.98. The number of benzene rings is 2. The molecule has 0 aromatic heterocycles. The van der Waals surface area contributed by atoms with Crippen molar-refractivity contribution in [3.05, 3.63) is 53.1 Å². The summed E-state index contributed by atoms with van der Waals surface area (Å²) < 4.78 is 17.2. The Labute approximate surface area is 253 Å². The van der Waals surface area contributed by atoms with Gasteiger partial charge in [-0.15, -0.1) is 0 Å². The number of unbranched alkanes of at least 4 members (excludes halogenated alkanes) is 7. The van der Waals surface area contributed by atoms with Crippen molar-refractivity contribution in [3.8, 4) is 17.2 Å². The number of para-hydroxylation sites is 1. The monoisotopic (exact) mass is 580 g/mol. The van der Waals surface area contributed by atoms with Gasteiger partial charge in [0.05, 0.1) is 27.4 Å². The third-order valence-corrected chi connectivity index (χ3v) is 7.21. The molecule has 2 rings (SSSR count). The molecule has 0 saturated carbocycles. The first-order chi connectivity index (χ1) is 20.2. The summed E-state index contributed by atoms with van der Waals surface area (Å²) >= 11 is 0. The second-order valence-corrected chi connectivity index (χ2v) is 11.3. The standard InChI is InChI=1S/C35H52N2O5/c1-8-9-10-11-12-13-14-15-21-42-35-30(40-6)22-27(23-31(35)41-7)19-20-32(38)36-24-33(39)37-34-28(25(2)3)17-16-18-29(34)26(4)5/h16-20,22-23,25-26H,8-15,21,24H2,1-7H3,(H,36,38)(H,37,39). The first-order valence-corrected chi connectivity index (χ1v) is 15.5. The van der Waals surface area contributed by atoms with Crippen molar-refractivity contribution in [2.45, 2.75) is 97.8 Å². The lowest BCUT2D eigenvalue weighted by atomic mass is 9.92. The number of carbonyl (C=O) groups is 2. The minimum Gasteiger partial charge on any atom is -0.493 e. The normalized spacial score (nSPS) is 11.3. The van der Waals surface area contributed by atoms with Crippen LogP contribution in [0.4, 0.5) is 5.69 Å². The van der Waals surface area contributed by atoms with E-state index >= 15 is 0 Å². The van der Waals surface area contributed by atoms with E-state index in [1.165, 1.54) is 44.6 Å². The zero-order valence-corrected chi connectivity index (χ0v) is 26.8. The molecule has 7 nitrogen and oxygen atoms in total. The van der Waals surface area contributed by atoms with E-state index in [-0.39, 0.29) is 30.2 Å². The molecule has 7 heteroatoms. The topological polar surface area (TPSA) is 85.9 Å². The lowest BCUT2D eigenvalue weighted by Gasteiger charge is -2.20. The van der Waals surface area contributed by atoms with Gasteiger partial charge in [-0.2, -0.15) is 0 Å². The fourth-order valence-electron chi connectivity index (χ4n) is 4.83. The van der Waals surface area contributed by atoms with E-state index in [0.717, 1.165) is 35.2 Å². The summed E-state index contributed by atoms with van der Waals surface area (Å²) in [5.74, 6) is 1.51. The van der Waals surface area contributed by atoms with Crippen molar-refractivity contribution in [2.75, 3.05) is 32.7 Å². The zero-order chi connectivity index (χ0) is 30.9. The zero-order valence-electron chi connectivity index (χ0n) is 26.8. The maximum atomic E-state index is 12.7. The lowest BCUT2D eigenvalue weighted by molar-refractivity contribution is -0.121. The van der Waals surface area contributed by atoms with Gasteiger partial charge in [0.2, 0.25) is 17.6 Å². The van der Waals surface area contributed by atoms with Crippen LogP contribution in [0.25, 0.3) is 6.08 Å². The largest absolute Gasteiger partial charge is 0.493 e. The van der Waals surface area contributed by atoms with Crippen molar-refractivity contribution in [2.24, 2.45) is 0 Å². The van der Waals surface area contributed by atoms with Crippen LogP contribution in [0.3, 0.4) is 0 Å². The van der Waals surface area contributed by atoms with Gasteiger partial charge in [0.15, 0.2) is 11.5 Å². The first kappa shape index (κ1) is 34.7. The molecule has 0 saturated heterocycles. The molecular formula is C35H52N2O5. The van der Waals surface area contributed by atoms with Crippen LogP contribution in [0.1, 0.15) is 115 Å². The molecule has 2 amide bonds. The molecule has 2 aromatic rings. The van der Waals surface area contributed by atoms with Crippen LogP contribution >= 0.6 is 0 Å². The Morgan fingerprint density at radius 2 is 1.38 bits per heavy atom. The fraction of sp³-hybridized carbons (Fsp3) is 0.543. The third kappa shape index (κ3) is 11.4. The van der Waals surface area contributed by atoms with E-state index in [2.05, 4.69) is 45.3 Å². The van der Waals surface area contributed by atoms with Crippen LogP contribution in [-0.2, 0) is 9.59 Å². The van der Waals surface area contributed by atoms with Gasteiger partial charge in [0.25, 0.3) is 0 Å². The third-order valence-electron chi connectivity index (χ3n) is 7.21. The Kier molecular flexibility index (Phi) is 15.6. The highest BCUT2D eigenvalue weighted by atomic mass is 16.5. The Bertz CT molecular complexity index is 1100. The van der Waals surface area contributed by atoms with Crippen molar-refractivity contribution in [3.63, 3.8) is 0 Å². The molecule has 2 aromatic carbocycles. The second kappa shape index (κ2) is 18.9. The van der Waals surface area contributed by atoms with Crippen molar-refractivity contribution < 1.29 is 23.8 Å². The van der Waals surface area contributed by atoms with E-state index in [4.69, 9.17) is 14.2 Å². The molecule has 0 aliphatic carbocycles. The number of anilines is 1. The van der Waals surface area contributed by atoms with Crippen molar-refractivity contribution in [1.82, 2.24) is 5.32 Å². The van der Waals surface area contributed by atoms with Gasteiger partial charge in [-0.25, -0.2) is 0 Å². The van der Waals surface area contributed by atoms with E-state index in [1.54, 1.807) is 32.4 Å². The molecule has 0 spiro atoms. The molecular weight excluding hydrogens is 528 g/mol. The molecule has 42 heavy (non-hydrogen) atoms. The summed E-state index contributed by atoms with van der Waals surface area (Å²) in [6.45, 7) is 11.1. The van der Waals surface area contributed by atoms with Crippen molar-refractivity contribution >= 4 is 23.6 Å². The van der Waals surface area contributed by atoms with E-state index in [1.807, 2.05) is 18.2 Å². The minimum atomic E-state index is -0.376. The Balaban J connectivity index is 1.93. The van der Waals surface area contributed by atoms with Crippen molar-refractivity contribution in [1.29, 1.82) is 0 Å². The number of ether oxygens (including phenoxy) is 3.